The van der Waals surface area contributed by atoms with Gasteiger partial charge in [-0.05, 0) is 179 Å². The molecule has 0 aromatic carbocycles. The predicted octanol–water partition coefficient (Wildman–Crippen LogP) is 23.0. The fraction of sp³-hybridized carbons (Fsp3) is 0.883. The van der Waals surface area contributed by atoms with Crippen LogP contribution in [0.15, 0.2) is 0 Å². The number of carbonyl (C=O) groups is 13. The van der Waals surface area contributed by atoms with E-state index >= 15 is 0 Å². The van der Waals surface area contributed by atoms with E-state index in [2.05, 4.69) is 28.1 Å². The Morgan fingerprint density at radius 2 is 0.469 bits per heavy atom. The number of alkyl halides is 2. The van der Waals surface area contributed by atoms with Crippen molar-refractivity contribution in [3.05, 3.63) is 0 Å². The van der Waals surface area contributed by atoms with Gasteiger partial charge >= 0.3 is 35.8 Å². The summed E-state index contributed by atoms with van der Waals surface area (Å²) in [7, 11) is 7.87. The quantitative estimate of drug-likeness (QED) is 0.0311. The molecule has 0 amide bonds. The summed E-state index contributed by atoms with van der Waals surface area (Å²) < 4.78 is 106. The molecule has 143 heavy (non-hydrogen) atoms. The van der Waals surface area contributed by atoms with E-state index in [1.54, 1.807) is 76.9 Å². The van der Waals surface area contributed by atoms with Crippen molar-refractivity contribution in [3.63, 3.8) is 0 Å². The van der Waals surface area contributed by atoms with E-state index in [0.29, 0.717) is 119 Å². The zero-order valence-electron chi connectivity index (χ0n) is 101. The highest BCUT2D eigenvalue weighted by Gasteiger charge is 2.33. The average molecular weight is 2070 g/mol. The molecule has 32 heteroatoms. The van der Waals surface area contributed by atoms with Crippen LogP contribution < -0.4 is 0 Å². The highest BCUT2D eigenvalue weighted by atomic mass is 19.1. The molecule has 0 aromatic heterocycles. The average Bonchev–Trinajstić information content (AvgIpc) is 0.886. The van der Waals surface area contributed by atoms with Gasteiger partial charge in [0, 0.05) is 111 Å². The van der Waals surface area contributed by atoms with Crippen LogP contribution >= 0.6 is 0 Å². The van der Waals surface area contributed by atoms with E-state index < -0.39 is 30.3 Å². The Morgan fingerprint density at radius 3 is 0.685 bits per heavy atom. The second kappa shape index (κ2) is 88.8. The van der Waals surface area contributed by atoms with Gasteiger partial charge in [0.15, 0.2) is 17.3 Å². The molecule has 0 aliphatic heterocycles. The number of hydrogen-bond donors (Lipinski definition) is 0. The smallest absolute Gasteiger partial charge is 0.313 e. The summed E-state index contributed by atoms with van der Waals surface area (Å²) in [4.78, 5) is 145. The van der Waals surface area contributed by atoms with Gasteiger partial charge in [-0.15, -0.1) is 0 Å². The number of halogens is 2. The third kappa shape index (κ3) is 116. The molecule has 0 aromatic rings. The lowest BCUT2D eigenvalue weighted by Crippen LogP contribution is -2.33. The number of ether oxygens (including phenoxy) is 17. The minimum atomic E-state index is -1.03. The van der Waals surface area contributed by atoms with Gasteiger partial charge in [0.1, 0.15) is 55.2 Å². The minimum Gasteiger partial charge on any atom is -0.469 e. The molecule has 0 rings (SSSR count). The molecular weight excluding hydrogens is 1850 g/mol. The molecular formula is C111H220F2O30. The standard InChI is InChI=1S/C11H22O3.C11H22O2.2C10H20O3.2C10H20O2.C9H18O3.C7H13FO2.3C7H14O2.C6H11FO2.C6H12O2/c1-9(8-14-7-6-13-5)10(12)11(2,3)4;1-6-7-13-8-9(2)10(12)11(3,4)5;1-8(13-7-6-12-5)9(11)10(2,3)4;1-10(2,3)9(11)5-6-13-8-7-12-4;1-6-7-12-8(2)9(11)10(3,4)5;1-5-7-12-8-6-9(11)10(2,3)4;1-9(2,3)8(10)7-12-6-5-11-4;1-7(2,3)6(9)10-5-4-8;3*1-5-9-6(8)7(2,3)4;1-6(2,3)5(8)9-4-7;1-6(2,3)5(7)8-4/h9H,6-8H2,1-5H3;9H,6-8H2,1-5H3;8H,6-7H2,1-5H3;5-8H2,1-4H3;8H,6-7H2,1-5H3;5-8H2,1-4H3;5-7H2,1-4H3;4-5H2,1-3H3;3*5H2,1-4H3;4H2,1-3H3;1-4H3. The van der Waals surface area contributed by atoms with Crippen molar-refractivity contribution in [1.29, 1.82) is 0 Å². The van der Waals surface area contributed by atoms with Crippen LogP contribution in [0.1, 0.15) is 371 Å². The van der Waals surface area contributed by atoms with Crippen molar-refractivity contribution in [2.24, 2.45) is 82.2 Å². The molecule has 0 fully saturated rings. The lowest BCUT2D eigenvalue weighted by atomic mass is 9.84. The number of carbonyl (C=O) groups excluding carboxylic acids is 13. The summed E-state index contributed by atoms with van der Waals surface area (Å²) >= 11 is 0. The maximum absolute atomic E-state index is 11.7. The third-order valence-electron chi connectivity index (χ3n) is 17.4. The molecule has 0 saturated carbocycles. The fourth-order valence-electron chi connectivity index (χ4n) is 8.47. The predicted molar refractivity (Wildman–Crippen MR) is 570 cm³/mol. The van der Waals surface area contributed by atoms with E-state index in [9.17, 15) is 71.1 Å². The second-order valence-electron chi connectivity index (χ2n) is 46.7. The maximum Gasteiger partial charge on any atom is 0.313 e. The monoisotopic (exact) mass is 2070 g/mol. The van der Waals surface area contributed by atoms with E-state index in [0.717, 1.165) is 32.5 Å². The van der Waals surface area contributed by atoms with Crippen molar-refractivity contribution in [2.75, 3.05) is 181 Å². The Hall–Kier alpha value is -6.07. The molecule has 0 aliphatic carbocycles. The number of ketones is 7. The first-order valence-corrected chi connectivity index (χ1v) is 50.3. The summed E-state index contributed by atoms with van der Waals surface area (Å²) in [6.07, 6.45) is 3.43. The van der Waals surface area contributed by atoms with Crippen LogP contribution in [0.25, 0.3) is 0 Å². The van der Waals surface area contributed by atoms with Gasteiger partial charge < -0.3 is 80.5 Å². The van der Waals surface area contributed by atoms with Crippen LogP contribution in [-0.2, 0) is 143 Å². The molecule has 858 valence electrons. The van der Waals surface area contributed by atoms with Gasteiger partial charge in [0.25, 0.3) is 0 Å². The van der Waals surface area contributed by atoms with Gasteiger partial charge in [-0.25, -0.2) is 8.78 Å². The normalized spacial score (nSPS) is 12.4. The van der Waals surface area contributed by atoms with Crippen molar-refractivity contribution in [2.45, 2.75) is 384 Å². The first-order valence-electron chi connectivity index (χ1n) is 50.3. The van der Waals surface area contributed by atoms with Gasteiger partial charge in [-0.1, -0.05) is 180 Å². The molecule has 4 unspecified atom stereocenters. The second-order valence-corrected chi connectivity index (χ2v) is 46.7. The number of Topliss-reactive ketones (excluding diaryl/α,β-unsaturated/α-hetero) is 7. The highest BCUT2D eigenvalue weighted by Crippen LogP contribution is 2.26. The van der Waals surface area contributed by atoms with Gasteiger partial charge in [-0.3, -0.25) is 62.3 Å². The van der Waals surface area contributed by atoms with Crippen LogP contribution in [-0.4, -0.2) is 270 Å². The highest BCUT2D eigenvalue weighted by molar-refractivity contribution is 5.89. The van der Waals surface area contributed by atoms with Crippen molar-refractivity contribution < 1.29 is 152 Å². The third-order valence-corrected chi connectivity index (χ3v) is 17.4. The Morgan fingerprint density at radius 1 is 0.231 bits per heavy atom. The number of rotatable bonds is 42. The van der Waals surface area contributed by atoms with Gasteiger partial charge in [-0.2, -0.15) is 0 Å². The number of esters is 6. The molecule has 0 spiro atoms. The Bertz CT molecular complexity index is 3040. The van der Waals surface area contributed by atoms with Crippen molar-refractivity contribution in [3.8, 4) is 0 Å². The Kier molecular flexibility index (Phi) is 102. The summed E-state index contributed by atoms with van der Waals surface area (Å²) in [5, 5.41) is 0. The minimum absolute atomic E-state index is 0.0200. The first kappa shape index (κ1) is 165. The zero-order chi connectivity index (χ0) is 116. The molecule has 0 bridgehead atoms. The topological polar surface area (TPSA) is 379 Å². The fourth-order valence-corrected chi connectivity index (χ4v) is 8.47. The lowest BCUT2D eigenvalue weighted by molar-refractivity contribution is -0.157. The first-order chi connectivity index (χ1) is 64.4. The maximum atomic E-state index is 11.7. The van der Waals surface area contributed by atoms with Crippen molar-refractivity contribution in [1.82, 2.24) is 0 Å². The Labute approximate surface area is 870 Å². The van der Waals surface area contributed by atoms with E-state index in [-0.39, 0.29) is 167 Å². The molecule has 0 N–H and O–H groups in total. The molecule has 0 heterocycles. The number of hydrogen-bond acceptors (Lipinski definition) is 30. The molecule has 0 radical (unpaired) electrons. The van der Waals surface area contributed by atoms with Crippen LogP contribution in [0.4, 0.5) is 8.78 Å². The van der Waals surface area contributed by atoms with E-state index in [1.807, 2.05) is 277 Å². The largest absolute Gasteiger partial charge is 0.469 e. The van der Waals surface area contributed by atoms with Crippen LogP contribution in [0.2, 0.25) is 0 Å². The summed E-state index contributed by atoms with van der Waals surface area (Å²) in [5.41, 5.74) is -4.40. The zero-order valence-corrected chi connectivity index (χ0v) is 101. The molecule has 4 atom stereocenters. The SMILES string of the molecule is CC(C)(C)C(=O)OCCF.CC(C)(C)C(=O)OCF.CCCOC(C)C(=O)C(C)(C)C.CCCOCC(C)C(=O)C(C)(C)C.CCCOCCC(=O)C(C)(C)C.CCOC(=O)C(C)(C)C.CCOC(=O)C(C)(C)C.CCOC(=O)C(C)(C)C.COC(=O)C(C)(C)C.COCCOC(C)C(=O)C(C)(C)C.COCCOCC(=O)C(C)(C)C.COCCOCC(C)C(=O)C(C)(C)C.COCCOCCC(=O)C(C)(C)C. The summed E-state index contributed by atoms with van der Waals surface area (Å²) in [6.45, 7) is 100.0. The molecule has 0 aliphatic rings. The van der Waals surface area contributed by atoms with Crippen molar-refractivity contribution >= 4 is 76.3 Å². The van der Waals surface area contributed by atoms with E-state index in [1.165, 1.54) is 7.11 Å². The Balaban J connectivity index is -0.000000117. The van der Waals surface area contributed by atoms with Gasteiger partial charge in [0.2, 0.25) is 6.86 Å². The molecule has 0 saturated heterocycles. The van der Waals surface area contributed by atoms with Crippen LogP contribution in [0.5, 0.6) is 0 Å². The summed E-state index contributed by atoms with van der Waals surface area (Å²) in [6, 6.07) is 0. The lowest BCUT2D eigenvalue weighted by Gasteiger charge is -2.21. The van der Waals surface area contributed by atoms with Gasteiger partial charge in [0.05, 0.1) is 139 Å². The van der Waals surface area contributed by atoms with E-state index in [4.69, 9.17) is 66.3 Å². The van der Waals surface area contributed by atoms with Crippen LogP contribution in [0, 0.1) is 82.2 Å². The van der Waals surface area contributed by atoms with Crippen LogP contribution in [0.3, 0.4) is 0 Å². The molecule has 30 nitrogen and oxygen atoms in total. The summed E-state index contributed by atoms with van der Waals surface area (Å²) in [5.74, 6) is 0.0197. The number of methoxy groups -OCH3 is 5.